The molecule has 2 N–H and O–H groups in total. The molecule has 1 aliphatic rings. The first-order chi connectivity index (χ1) is 7.52. The fraction of sp³-hybridized carbons (Fsp3) is 0.769. The van der Waals surface area contributed by atoms with Gasteiger partial charge >= 0.3 is 0 Å². The molecule has 3 heteroatoms. The van der Waals surface area contributed by atoms with Gasteiger partial charge < -0.3 is 5.73 Å². The summed E-state index contributed by atoms with van der Waals surface area (Å²) in [6.45, 7) is 4.51. The Morgan fingerprint density at radius 2 is 2.38 bits per heavy atom. The molecule has 1 aromatic heterocycles. The summed E-state index contributed by atoms with van der Waals surface area (Å²) in [4.78, 5) is 0. The van der Waals surface area contributed by atoms with Crippen LogP contribution in [0.3, 0.4) is 0 Å². The van der Waals surface area contributed by atoms with Crippen LogP contribution < -0.4 is 5.73 Å². The predicted molar refractivity (Wildman–Crippen MR) is 66.2 cm³/mol. The maximum atomic E-state index is 6.01. The van der Waals surface area contributed by atoms with Crippen LogP contribution in [-0.2, 0) is 19.9 Å². The highest BCUT2D eigenvalue weighted by atomic mass is 15.3. The molecule has 1 saturated carbocycles. The molecule has 2 atom stereocenters. The van der Waals surface area contributed by atoms with Crippen molar-refractivity contribution in [2.45, 2.75) is 52.0 Å². The smallest absolute Gasteiger partial charge is 0.0624 e. The summed E-state index contributed by atoms with van der Waals surface area (Å²) in [5.74, 6) is 0. The summed E-state index contributed by atoms with van der Waals surface area (Å²) in [5.41, 5.74) is 8.95. The largest absolute Gasteiger partial charge is 0.328 e. The van der Waals surface area contributed by atoms with Gasteiger partial charge in [0, 0.05) is 18.8 Å². The molecular weight excluding hydrogens is 198 g/mol. The minimum Gasteiger partial charge on any atom is -0.328 e. The van der Waals surface area contributed by atoms with Gasteiger partial charge in [-0.25, -0.2) is 0 Å². The first-order valence-electron chi connectivity index (χ1n) is 6.30. The first-order valence-corrected chi connectivity index (χ1v) is 6.30. The Morgan fingerprint density at radius 3 is 2.88 bits per heavy atom. The summed E-state index contributed by atoms with van der Waals surface area (Å²) >= 11 is 0. The van der Waals surface area contributed by atoms with E-state index in [4.69, 9.17) is 5.73 Å². The first kappa shape index (κ1) is 11.6. The average Bonchev–Trinajstić information content (AvgIpc) is 2.72. The molecule has 1 fully saturated rings. The van der Waals surface area contributed by atoms with Gasteiger partial charge in [0.25, 0.3) is 0 Å². The van der Waals surface area contributed by atoms with Crippen molar-refractivity contribution >= 4 is 0 Å². The monoisotopic (exact) mass is 221 g/mol. The van der Waals surface area contributed by atoms with Crippen molar-refractivity contribution in [1.82, 2.24) is 9.78 Å². The number of nitrogens with zero attached hydrogens (tertiary/aromatic N) is 2. The Bertz CT molecular complexity index is 369. The summed E-state index contributed by atoms with van der Waals surface area (Å²) in [7, 11) is 2.05. The molecule has 0 spiro atoms. The van der Waals surface area contributed by atoms with Crippen molar-refractivity contribution in [3.63, 3.8) is 0 Å². The summed E-state index contributed by atoms with van der Waals surface area (Å²) in [5, 5.41) is 4.51. The number of hydrogen-bond acceptors (Lipinski definition) is 2. The van der Waals surface area contributed by atoms with Gasteiger partial charge in [-0.05, 0) is 43.6 Å². The van der Waals surface area contributed by atoms with Gasteiger partial charge in [-0.3, -0.25) is 4.68 Å². The summed E-state index contributed by atoms with van der Waals surface area (Å²) < 4.78 is 2.04. The lowest BCUT2D eigenvalue weighted by Crippen LogP contribution is -2.22. The maximum absolute atomic E-state index is 6.01. The molecule has 0 aliphatic heterocycles. The Labute approximate surface area is 98.0 Å². The minimum absolute atomic E-state index is 0.387. The van der Waals surface area contributed by atoms with E-state index in [1.807, 2.05) is 11.7 Å². The molecule has 0 aromatic carbocycles. The van der Waals surface area contributed by atoms with E-state index in [0.29, 0.717) is 11.5 Å². The van der Waals surface area contributed by atoms with Crippen molar-refractivity contribution in [2.24, 2.45) is 18.2 Å². The highest BCUT2D eigenvalue weighted by Crippen LogP contribution is 2.39. The van der Waals surface area contributed by atoms with Gasteiger partial charge in [-0.1, -0.05) is 13.8 Å². The van der Waals surface area contributed by atoms with E-state index in [0.717, 1.165) is 19.3 Å². The third-order valence-corrected chi connectivity index (χ3v) is 3.87. The molecule has 0 amide bonds. The van der Waals surface area contributed by atoms with E-state index < -0.39 is 0 Å². The lowest BCUT2D eigenvalue weighted by molar-refractivity contribution is 0.321. The number of nitrogens with two attached hydrogens (primary N) is 1. The van der Waals surface area contributed by atoms with Crippen LogP contribution >= 0.6 is 0 Å². The number of rotatable bonds is 3. The Balaban J connectivity index is 2.11. The van der Waals surface area contributed by atoms with Crippen LogP contribution in [0.4, 0.5) is 0 Å². The molecule has 1 aliphatic carbocycles. The normalized spacial score (nSPS) is 29.9. The topological polar surface area (TPSA) is 43.8 Å². The van der Waals surface area contributed by atoms with Crippen LogP contribution in [0.15, 0.2) is 6.07 Å². The van der Waals surface area contributed by atoms with E-state index in [2.05, 4.69) is 25.0 Å². The van der Waals surface area contributed by atoms with Gasteiger partial charge in [0.1, 0.15) is 0 Å². The van der Waals surface area contributed by atoms with Gasteiger partial charge in [-0.15, -0.1) is 0 Å². The highest BCUT2D eigenvalue weighted by Gasteiger charge is 2.34. The van der Waals surface area contributed by atoms with Crippen LogP contribution in [0.2, 0.25) is 0 Å². The van der Waals surface area contributed by atoms with Crippen molar-refractivity contribution in [3.8, 4) is 0 Å². The standard InChI is InChI=1S/C13H23N3/c1-4-11-7-12(16(3)15-11)9-13(2)6-5-10(14)8-13/h7,10H,4-6,8-9,14H2,1-3H3. The van der Waals surface area contributed by atoms with Crippen molar-refractivity contribution in [3.05, 3.63) is 17.5 Å². The molecule has 0 saturated heterocycles. The van der Waals surface area contributed by atoms with Crippen LogP contribution in [0.25, 0.3) is 0 Å². The van der Waals surface area contributed by atoms with E-state index in [9.17, 15) is 0 Å². The molecule has 16 heavy (non-hydrogen) atoms. The number of aryl methyl sites for hydroxylation is 2. The van der Waals surface area contributed by atoms with Crippen LogP contribution in [0, 0.1) is 5.41 Å². The average molecular weight is 221 g/mol. The van der Waals surface area contributed by atoms with Crippen molar-refractivity contribution in [2.75, 3.05) is 0 Å². The lowest BCUT2D eigenvalue weighted by atomic mass is 9.83. The Hall–Kier alpha value is -0.830. The summed E-state index contributed by atoms with van der Waals surface area (Å²) in [6.07, 6.45) is 5.71. The van der Waals surface area contributed by atoms with E-state index >= 15 is 0 Å². The second-order valence-corrected chi connectivity index (χ2v) is 5.59. The fourth-order valence-corrected chi connectivity index (χ4v) is 2.88. The van der Waals surface area contributed by atoms with Crippen molar-refractivity contribution < 1.29 is 0 Å². The molecular formula is C13H23N3. The Morgan fingerprint density at radius 1 is 1.62 bits per heavy atom. The molecule has 3 nitrogen and oxygen atoms in total. The van der Waals surface area contributed by atoms with E-state index in [-0.39, 0.29) is 0 Å². The fourth-order valence-electron chi connectivity index (χ4n) is 2.88. The second-order valence-electron chi connectivity index (χ2n) is 5.59. The molecule has 1 aromatic rings. The minimum atomic E-state index is 0.387. The van der Waals surface area contributed by atoms with Crippen LogP contribution in [-0.4, -0.2) is 15.8 Å². The number of aromatic nitrogens is 2. The van der Waals surface area contributed by atoms with Gasteiger partial charge in [0.05, 0.1) is 5.69 Å². The molecule has 0 bridgehead atoms. The summed E-state index contributed by atoms with van der Waals surface area (Å²) in [6, 6.07) is 2.65. The van der Waals surface area contributed by atoms with Gasteiger partial charge in [-0.2, -0.15) is 5.10 Å². The zero-order valence-electron chi connectivity index (χ0n) is 10.7. The zero-order valence-corrected chi connectivity index (χ0v) is 10.7. The third kappa shape index (κ3) is 2.29. The van der Waals surface area contributed by atoms with Crippen LogP contribution in [0.5, 0.6) is 0 Å². The Kier molecular flexibility index (Phi) is 3.06. The van der Waals surface area contributed by atoms with Gasteiger partial charge in [0.15, 0.2) is 0 Å². The quantitative estimate of drug-likeness (QED) is 0.849. The molecule has 2 unspecified atom stereocenters. The van der Waals surface area contributed by atoms with Crippen molar-refractivity contribution in [1.29, 1.82) is 0 Å². The zero-order chi connectivity index (χ0) is 11.8. The van der Waals surface area contributed by atoms with Gasteiger partial charge in [0.2, 0.25) is 0 Å². The second kappa shape index (κ2) is 4.21. The molecule has 2 rings (SSSR count). The van der Waals surface area contributed by atoms with Crippen LogP contribution in [0.1, 0.15) is 44.5 Å². The molecule has 1 heterocycles. The van der Waals surface area contributed by atoms with E-state index in [1.54, 1.807) is 0 Å². The SMILES string of the molecule is CCc1cc(CC2(C)CCC(N)C2)n(C)n1. The molecule has 0 radical (unpaired) electrons. The van der Waals surface area contributed by atoms with E-state index in [1.165, 1.54) is 24.2 Å². The highest BCUT2D eigenvalue weighted by molar-refractivity contribution is 5.13. The predicted octanol–water partition coefficient (Wildman–Crippen LogP) is 2.04. The third-order valence-electron chi connectivity index (χ3n) is 3.87. The number of hydrogen-bond donors (Lipinski definition) is 1. The maximum Gasteiger partial charge on any atom is 0.0624 e. The lowest BCUT2D eigenvalue weighted by Gasteiger charge is -2.23. The molecule has 90 valence electrons.